The van der Waals surface area contributed by atoms with E-state index >= 15 is 0 Å². The zero-order valence-electron chi connectivity index (χ0n) is 19.6. The van der Waals surface area contributed by atoms with Gasteiger partial charge in [-0.1, -0.05) is 49.4 Å². The number of anilines is 1. The Labute approximate surface area is 204 Å². The van der Waals surface area contributed by atoms with E-state index in [1.165, 1.54) is 0 Å². The molecule has 176 valence electrons. The van der Waals surface area contributed by atoms with Crippen LogP contribution in [0.2, 0.25) is 0 Å². The first-order chi connectivity index (χ1) is 17.0. The maximum atomic E-state index is 13.2. The van der Waals surface area contributed by atoms with Gasteiger partial charge in [0.2, 0.25) is 5.91 Å². The lowest BCUT2D eigenvalue weighted by molar-refractivity contribution is -0.118. The summed E-state index contributed by atoms with van der Waals surface area (Å²) < 4.78 is 7.36. The lowest BCUT2D eigenvalue weighted by Crippen LogP contribution is -2.35. The predicted octanol–water partition coefficient (Wildman–Crippen LogP) is 4.55. The van der Waals surface area contributed by atoms with Gasteiger partial charge in [0.05, 0.1) is 30.2 Å². The van der Waals surface area contributed by atoms with Crippen molar-refractivity contribution in [2.45, 2.75) is 18.9 Å². The van der Waals surface area contributed by atoms with Gasteiger partial charge in [0.25, 0.3) is 0 Å². The summed E-state index contributed by atoms with van der Waals surface area (Å²) in [5.41, 5.74) is 2.57. The Kier molecular flexibility index (Phi) is 7.50. The molecule has 8 nitrogen and oxygen atoms in total. The average Bonchev–Trinajstić information content (AvgIpc) is 3.30. The van der Waals surface area contributed by atoms with Crippen LogP contribution >= 0.6 is 0 Å². The third kappa shape index (κ3) is 6.31. The molecular formula is C27H26N6O2. The standard InChI is InChI=1S/C27H26N6O2/c1-19(21-10-8-20(14-28)9-11-21)15-30-26(22-6-4-3-5-7-22)27(34)32-25-13-12-23(16-29-25)35-24-17-31-33(2)18-24/h3-13,16-19,26,30H,15H2,1-2H3,(H,29,32,34)/t19-,26+/m0/s1. The fraction of sp³-hybridized carbons (Fsp3) is 0.185. The number of nitrogens with one attached hydrogen (secondary N) is 2. The molecule has 0 aliphatic carbocycles. The topological polar surface area (TPSA) is 105 Å². The van der Waals surface area contributed by atoms with Gasteiger partial charge in [-0.05, 0) is 41.3 Å². The van der Waals surface area contributed by atoms with Crippen molar-refractivity contribution >= 4 is 11.7 Å². The lowest BCUT2D eigenvalue weighted by atomic mass is 9.98. The highest BCUT2D eigenvalue weighted by molar-refractivity contribution is 5.94. The molecule has 4 rings (SSSR count). The predicted molar refractivity (Wildman–Crippen MR) is 133 cm³/mol. The van der Waals surface area contributed by atoms with Gasteiger partial charge in [-0.15, -0.1) is 0 Å². The average molecular weight is 467 g/mol. The number of aromatic nitrogens is 3. The van der Waals surface area contributed by atoms with Crippen LogP contribution in [0.3, 0.4) is 0 Å². The molecule has 0 unspecified atom stereocenters. The van der Waals surface area contributed by atoms with Gasteiger partial charge < -0.3 is 15.4 Å². The molecule has 0 bridgehead atoms. The third-order valence-electron chi connectivity index (χ3n) is 5.54. The molecule has 4 aromatic rings. The van der Waals surface area contributed by atoms with Gasteiger partial charge in [0, 0.05) is 13.6 Å². The summed E-state index contributed by atoms with van der Waals surface area (Å²) in [5.74, 6) is 1.51. The van der Waals surface area contributed by atoms with Crippen molar-refractivity contribution in [2.24, 2.45) is 7.05 Å². The number of aryl methyl sites for hydroxylation is 1. The molecule has 2 heterocycles. The smallest absolute Gasteiger partial charge is 0.247 e. The number of carbonyl (C=O) groups excluding carboxylic acids is 1. The second-order valence-corrected chi connectivity index (χ2v) is 8.21. The first-order valence-electron chi connectivity index (χ1n) is 11.2. The Hall–Kier alpha value is -4.48. The van der Waals surface area contributed by atoms with Crippen LogP contribution in [0.5, 0.6) is 11.5 Å². The van der Waals surface area contributed by atoms with E-state index in [0.29, 0.717) is 29.4 Å². The van der Waals surface area contributed by atoms with E-state index < -0.39 is 6.04 Å². The van der Waals surface area contributed by atoms with Crippen LogP contribution < -0.4 is 15.4 Å². The molecule has 2 aromatic heterocycles. The zero-order chi connectivity index (χ0) is 24.6. The largest absolute Gasteiger partial charge is 0.452 e. The fourth-order valence-corrected chi connectivity index (χ4v) is 3.61. The van der Waals surface area contributed by atoms with Crippen molar-refractivity contribution in [3.05, 3.63) is 102 Å². The van der Waals surface area contributed by atoms with Crippen LogP contribution in [-0.2, 0) is 11.8 Å². The maximum Gasteiger partial charge on any atom is 0.247 e. The van der Waals surface area contributed by atoms with Crippen molar-refractivity contribution < 1.29 is 9.53 Å². The molecule has 0 radical (unpaired) electrons. The highest BCUT2D eigenvalue weighted by atomic mass is 16.5. The first kappa shape index (κ1) is 23.7. The molecule has 35 heavy (non-hydrogen) atoms. The Balaban J connectivity index is 1.42. The molecule has 0 aliphatic heterocycles. The molecule has 0 spiro atoms. The van der Waals surface area contributed by atoms with Crippen molar-refractivity contribution in [3.63, 3.8) is 0 Å². The molecule has 0 aliphatic rings. The van der Waals surface area contributed by atoms with Crippen molar-refractivity contribution in [3.8, 4) is 17.6 Å². The number of rotatable bonds is 9. The first-order valence-corrected chi connectivity index (χ1v) is 11.2. The Morgan fingerprint density at radius 2 is 1.80 bits per heavy atom. The van der Waals surface area contributed by atoms with E-state index in [4.69, 9.17) is 10.00 Å². The maximum absolute atomic E-state index is 13.2. The summed E-state index contributed by atoms with van der Waals surface area (Å²) in [6.45, 7) is 2.65. The summed E-state index contributed by atoms with van der Waals surface area (Å²) in [6, 6.07) is 22.1. The number of benzene rings is 2. The number of carbonyl (C=O) groups is 1. The minimum absolute atomic E-state index is 0.142. The number of hydrogen-bond donors (Lipinski definition) is 2. The molecule has 0 saturated heterocycles. The molecule has 2 aromatic carbocycles. The van der Waals surface area contributed by atoms with Gasteiger partial charge >= 0.3 is 0 Å². The zero-order valence-corrected chi connectivity index (χ0v) is 19.6. The van der Waals surface area contributed by atoms with Gasteiger partial charge in [-0.25, -0.2) is 4.98 Å². The van der Waals surface area contributed by atoms with Gasteiger partial charge in [-0.3, -0.25) is 9.48 Å². The van der Waals surface area contributed by atoms with E-state index in [1.54, 1.807) is 47.5 Å². The van der Waals surface area contributed by atoms with E-state index in [-0.39, 0.29) is 11.8 Å². The normalized spacial score (nSPS) is 12.4. The molecule has 0 fully saturated rings. The molecule has 0 saturated carbocycles. The molecule has 2 N–H and O–H groups in total. The molecule has 1 amide bonds. The van der Waals surface area contributed by atoms with Crippen molar-refractivity contribution in [1.82, 2.24) is 20.1 Å². The number of nitrogens with zero attached hydrogens (tertiary/aromatic N) is 4. The number of hydrogen-bond acceptors (Lipinski definition) is 6. The van der Waals surface area contributed by atoms with E-state index in [2.05, 4.69) is 33.7 Å². The second-order valence-electron chi connectivity index (χ2n) is 8.21. The Morgan fingerprint density at radius 1 is 1.03 bits per heavy atom. The van der Waals surface area contributed by atoms with Crippen LogP contribution in [0.1, 0.15) is 35.6 Å². The van der Waals surface area contributed by atoms with Gasteiger partial charge in [0.15, 0.2) is 5.75 Å². The Bertz CT molecular complexity index is 1290. The number of nitriles is 1. The van der Waals surface area contributed by atoms with Gasteiger partial charge in [0.1, 0.15) is 17.6 Å². The highest BCUT2D eigenvalue weighted by Crippen LogP contribution is 2.22. The highest BCUT2D eigenvalue weighted by Gasteiger charge is 2.21. The number of ether oxygens (including phenoxy) is 1. The van der Waals surface area contributed by atoms with Crippen LogP contribution in [-0.4, -0.2) is 27.2 Å². The minimum Gasteiger partial charge on any atom is -0.452 e. The summed E-state index contributed by atoms with van der Waals surface area (Å²) in [5, 5.41) is 19.4. The van der Waals surface area contributed by atoms with E-state index in [0.717, 1.165) is 11.1 Å². The SMILES string of the molecule is C[C@@H](CN[C@@H](C(=O)Nc1ccc(Oc2cnn(C)c2)cn1)c1ccccc1)c1ccc(C#N)cc1. The van der Waals surface area contributed by atoms with Crippen molar-refractivity contribution in [1.29, 1.82) is 5.26 Å². The number of amides is 1. The van der Waals surface area contributed by atoms with Gasteiger partial charge in [-0.2, -0.15) is 10.4 Å². The number of pyridine rings is 1. The second kappa shape index (κ2) is 11.1. The van der Waals surface area contributed by atoms with E-state index in [9.17, 15) is 4.79 Å². The fourth-order valence-electron chi connectivity index (χ4n) is 3.61. The lowest BCUT2D eigenvalue weighted by Gasteiger charge is -2.21. The van der Waals surface area contributed by atoms with Crippen LogP contribution in [0.25, 0.3) is 0 Å². The molecular weight excluding hydrogens is 440 g/mol. The Morgan fingerprint density at radius 3 is 2.43 bits per heavy atom. The molecule has 2 atom stereocenters. The van der Waals surface area contributed by atoms with E-state index in [1.807, 2.05) is 49.5 Å². The summed E-state index contributed by atoms with van der Waals surface area (Å²) >= 11 is 0. The van der Waals surface area contributed by atoms with Crippen molar-refractivity contribution in [2.75, 3.05) is 11.9 Å². The minimum atomic E-state index is -0.565. The van der Waals surface area contributed by atoms with Crippen LogP contribution in [0.15, 0.2) is 85.3 Å². The third-order valence-corrected chi connectivity index (χ3v) is 5.54. The molecule has 8 heteroatoms. The summed E-state index contributed by atoms with van der Waals surface area (Å²) in [6.07, 6.45) is 4.93. The quantitative estimate of drug-likeness (QED) is 0.375. The van der Waals surface area contributed by atoms with Crippen LogP contribution in [0.4, 0.5) is 5.82 Å². The summed E-state index contributed by atoms with van der Waals surface area (Å²) in [7, 11) is 1.81. The monoisotopic (exact) mass is 466 g/mol. The summed E-state index contributed by atoms with van der Waals surface area (Å²) in [4.78, 5) is 17.6. The van der Waals surface area contributed by atoms with Crippen LogP contribution in [0, 0.1) is 11.3 Å².